The molecule has 0 unspecified atom stereocenters. The zero-order valence-electron chi connectivity index (χ0n) is 10.7. The number of halogens is 1. The molecule has 0 fully saturated rings. The highest BCUT2D eigenvalue weighted by molar-refractivity contribution is 9.08. The van der Waals surface area contributed by atoms with Crippen LogP contribution in [-0.2, 0) is 11.8 Å². The molecule has 1 nitrogen and oxygen atoms in total. The van der Waals surface area contributed by atoms with E-state index < -0.39 is 0 Å². The van der Waals surface area contributed by atoms with Crippen molar-refractivity contribution >= 4 is 15.9 Å². The van der Waals surface area contributed by atoms with Gasteiger partial charge in [-0.15, -0.1) is 0 Å². The molecule has 0 saturated carbocycles. The molecule has 0 radical (unpaired) electrons. The molecule has 0 aliphatic heterocycles. The zero-order valence-corrected chi connectivity index (χ0v) is 12.3. The highest BCUT2D eigenvalue weighted by Crippen LogP contribution is 2.29. The van der Waals surface area contributed by atoms with Gasteiger partial charge >= 0.3 is 0 Å². The van der Waals surface area contributed by atoms with Gasteiger partial charge in [0, 0.05) is 5.33 Å². The van der Waals surface area contributed by atoms with Gasteiger partial charge in [0.1, 0.15) is 11.5 Å². The molecule has 0 bridgehead atoms. The van der Waals surface area contributed by atoms with Crippen molar-refractivity contribution in [2.24, 2.45) is 0 Å². The van der Waals surface area contributed by atoms with Crippen LogP contribution in [0.3, 0.4) is 0 Å². The van der Waals surface area contributed by atoms with E-state index in [1.54, 1.807) is 0 Å². The van der Waals surface area contributed by atoms with Crippen LogP contribution in [-0.4, -0.2) is 0 Å². The summed E-state index contributed by atoms with van der Waals surface area (Å²) < 4.78 is 6.02. The fraction of sp³-hybridized carbons (Fsp3) is 0.250. The van der Waals surface area contributed by atoms with Gasteiger partial charge in [-0.1, -0.05) is 53.2 Å². The van der Waals surface area contributed by atoms with Crippen molar-refractivity contribution in [3.63, 3.8) is 0 Å². The van der Waals surface area contributed by atoms with E-state index in [1.807, 2.05) is 24.3 Å². The minimum absolute atomic E-state index is 0.875. The summed E-state index contributed by atoms with van der Waals surface area (Å²) in [6.45, 7) is 4.22. The Bertz CT molecular complexity index is 534. The van der Waals surface area contributed by atoms with Crippen LogP contribution in [0.15, 0.2) is 42.5 Å². The van der Waals surface area contributed by atoms with Gasteiger partial charge in [0.2, 0.25) is 0 Å². The Hall–Kier alpha value is -1.28. The fourth-order valence-electron chi connectivity index (χ4n) is 1.92. The van der Waals surface area contributed by atoms with E-state index in [-0.39, 0.29) is 0 Å². The first-order chi connectivity index (χ1) is 8.74. The summed E-state index contributed by atoms with van der Waals surface area (Å²) in [6.07, 6.45) is 0.981. The van der Waals surface area contributed by atoms with Gasteiger partial charge in [-0.25, -0.2) is 0 Å². The number of benzene rings is 2. The lowest BCUT2D eigenvalue weighted by Gasteiger charge is -2.12. The first kappa shape index (κ1) is 13.2. The third-order valence-corrected chi connectivity index (χ3v) is 3.61. The van der Waals surface area contributed by atoms with Crippen molar-refractivity contribution in [3.05, 3.63) is 59.2 Å². The number of alkyl halides is 1. The average Bonchev–Trinajstić information content (AvgIpc) is 2.41. The van der Waals surface area contributed by atoms with E-state index in [0.717, 1.165) is 28.8 Å². The number of para-hydroxylation sites is 1. The maximum absolute atomic E-state index is 6.02. The van der Waals surface area contributed by atoms with Crippen LogP contribution in [0.5, 0.6) is 11.5 Å². The minimum Gasteiger partial charge on any atom is -0.457 e. The van der Waals surface area contributed by atoms with Crippen molar-refractivity contribution in [1.29, 1.82) is 0 Å². The summed E-state index contributed by atoms with van der Waals surface area (Å²) in [5, 5.41) is 0.875. The van der Waals surface area contributed by atoms with Gasteiger partial charge in [0.05, 0.1) is 0 Å². The third-order valence-electron chi connectivity index (χ3n) is 2.97. The largest absolute Gasteiger partial charge is 0.457 e. The second-order valence-electron chi connectivity index (χ2n) is 4.30. The van der Waals surface area contributed by atoms with Crippen LogP contribution in [0.1, 0.15) is 23.6 Å². The van der Waals surface area contributed by atoms with Crippen molar-refractivity contribution in [1.82, 2.24) is 0 Å². The van der Waals surface area contributed by atoms with Gasteiger partial charge in [-0.2, -0.15) is 0 Å². The molecule has 2 aromatic rings. The first-order valence-corrected chi connectivity index (χ1v) is 7.28. The number of ether oxygens (including phenoxy) is 1. The Morgan fingerprint density at radius 1 is 1.06 bits per heavy atom. The Morgan fingerprint density at radius 2 is 1.83 bits per heavy atom. The van der Waals surface area contributed by atoms with Crippen molar-refractivity contribution in [3.8, 4) is 11.5 Å². The lowest BCUT2D eigenvalue weighted by Crippen LogP contribution is -1.92. The number of hydrogen-bond acceptors (Lipinski definition) is 1. The maximum Gasteiger partial charge on any atom is 0.130 e. The number of hydrogen-bond donors (Lipinski definition) is 0. The quantitative estimate of drug-likeness (QED) is 0.701. The van der Waals surface area contributed by atoms with Crippen molar-refractivity contribution in [2.45, 2.75) is 25.6 Å². The van der Waals surface area contributed by atoms with E-state index in [2.05, 4.69) is 48.0 Å². The second kappa shape index (κ2) is 6.05. The predicted molar refractivity (Wildman–Crippen MR) is 79.7 cm³/mol. The molecule has 94 valence electrons. The predicted octanol–water partition coefficient (Wildman–Crippen LogP) is 5.24. The Labute approximate surface area is 117 Å². The fourth-order valence-corrected chi connectivity index (χ4v) is 2.27. The topological polar surface area (TPSA) is 9.23 Å². The van der Waals surface area contributed by atoms with Gasteiger partial charge in [0.15, 0.2) is 0 Å². The van der Waals surface area contributed by atoms with E-state index in [1.165, 1.54) is 11.1 Å². The van der Waals surface area contributed by atoms with E-state index >= 15 is 0 Å². The van der Waals surface area contributed by atoms with Gasteiger partial charge in [-0.05, 0) is 42.2 Å². The van der Waals surface area contributed by atoms with Gasteiger partial charge in [-0.3, -0.25) is 0 Å². The van der Waals surface area contributed by atoms with Gasteiger partial charge < -0.3 is 4.74 Å². The lowest BCUT2D eigenvalue weighted by atomic mass is 10.1. The van der Waals surface area contributed by atoms with Crippen LogP contribution < -0.4 is 4.74 Å². The van der Waals surface area contributed by atoms with Crippen LogP contribution in [0.25, 0.3) is 0 Å². The van der Waals surface area contributed by atoms with E-state index in [9.17, 15) is 0 Å². The van der Waals surface area contributed by atoms with Crippen molar-refractivity contribution in [2.75, 3.05) is 0 Å². The highest BCUT2D eigenvalue weighted by atomic mass is 79.9. The summed E-state index contributed by atoms with van der Waals surface area (Å²) in [7, 11) is 0. The smallest absolute Gasteiger partial charge is 0.130 e. The SMILES string of the molecule is CCc1ccccc1Oc1ccc(CBr)cc1C. The minimum atomic E-state index is 0.875. The molecule has 0 N–H and O–H groups in total. The van der Waals surface area contributed by atoms with Crippen LogP contribution in [0.4, 0.5) is 0 Å². The molecule has 0 spiro atoms. The Balaban J connectivity index is 2.28. The Kier molecular flexibility index (Phi) is 4.43. The molecule has 2 heteroatoms. The monoisotopic (exact) mass is 304 g/mol. The molecule has 0 amide bonds. The van der Waals surface area contributed by atoms with Crippen molar-refractivity contribution < 1.29 is 4.74 Å². The molecule has 0 atom stereocenters. The standard InChI is InChI=1S/C16H17BrO/c1-3-14-6-4-5-7-16(14)18-15-9-8-13(11-17)10-12(15)2/h4-10H,3,11H2,1-2H3. The highest BCUT2D eigenvalue weighted by Gasteiger charge is 2.05. The Morgan fingerprint density at radius 3 is 2.50 bits per heavy atom. The molecule has 2 rings (SSSR count). The molecule has 0 saturated heterocycles. The second-order valence-corrected chi connectivity index (χ2v) is 4.86. The van der Waals surface area contributed by atoms with E-state index in [4.69, 9.17) is 4.74 Å². The number of rotatable bonds is 4. The zero-order chi connectivity index (χ0) is 13.0. The van der Waals surface area contributed by atoms with Crippen LogP contribution in [0.2, 0.25) is 0 Å². The molecule has 2 aromatic carbocycles. The van der Waals surface area contributed by atoms with E-state index in [0.29, 0.717) is 0 Å². The van der Waals surface area contributed by atoms with Gasteiger partial charge in [0.25, 0.3) is 0 Å². The molecular formula is C16H17BrO. The normalized spacial score (nSPS) is 10.4. The molecule has 0 aromatic heterocycles. The summed E-state index contributed by atoms with van der Waals surface area (Å²) in [5.41, 5.74) is 3.67. The molecule has 18 heavy (non-hydrogen) atoms. The average molecular weight is 305 g/mol. The molecule has 0 aliphatic carbocycles. The maximum atomic E-state index is 6.02. The number of aryl methyl sites for hydroxylation is 2. The first-order valence-electron chi connectivity index (χ1n) is 6.16. The summed E-state index contributed by atoms with van der Waals surface area (Å²) in [6, 6.07) is 14.5. The van der Waals surface area contributed by atoms with Crippen LogP contribution >= 0.6 is 15.9 Å². The molecule has 0 heterocycles. The molecular weight excluding hydrogens is 288 g/mol. The molecule has 0 aliphatic rings. The van der Waals surface area contributed by atoms with Crippen LogP contribution in [0, 0.1) is 6.92 Å². The lowest BCUT2D eigenvalue weighted by molar-refractivity contribution is 0.473. The summed E-state index contributed by atoms with van der Waals surface area (Å²) >= 11 is 3.47. The summed E-state index contributed by atoms with van der Waals surface area (Å²) in [5.74, 6) is 1.88. The third kappa shape index (κ3) is 2.94. The summed E-state index contributed by atoms with van der Waals surface area (Å²) in [4.78, 5) is 0.